The maximum atomic E-state index is 12.2. The normalized spacial score (nSPS) is 13.1. The van der Waals surface area contributed by atoms with Crippen molar-refractivity contribution in [1.29, 1.82) is 0 Å². The second-order valence-electron chi connectivity index (χ2n) is 5.22. The topological polar surface area (TPSA) is 101 Å². The first-order chi connectivity index (χ1) is 9.63. The third-order valence-electron chi connectivity index (χ3n) is 2.87. The summed E-state index contributed by atoms with van der Waals surface area (Å²) in [5, 5.41) is 9.08. The van der Waals surface area contributed by atoms with Gasteiger partial charge in [0.2, 0.25) is 10.0 Å². The predicted octanol–water partition coefficient (Wildman–Crippen LogP) is 1.67. The van der Waals surface area contributed by atoms with E-state index in [-0.39, 0.29) is 23.0 Å². The number of benzene rings is 1. The van der Waals surface area contributed by atoms with Crippen molar-refractivity contribution in [2.24, 2.45) is 5.92 Å². The fourth-order valence-corrected chi connectivity index (χ4v) is 3.00. The first-order valence-electron chi connectivity index (χ1n) is 6.49. The van der Waals surface area contributed by atoms with Gasteiger partial charge in [-0.1, -0.05) is 26.0 Å². The molecular weight excluding hydrogens is 294 g/mol. The van der Waals surface area contributed by atoms with Crippen LogP contribution in [-0.4, -0.2) is 31.3 Å². The molecule has 0 bridgehead atoms. The molecule has 7 heteroatoms. The van der Waals surface area contributed by atoms with Crippen LogP contribution in [0.1, 0.15) is 37.6 Å². The number of hydrogen-bond donors (Lipinski definition) is 2. The summed E-state index contributed by atoms with van der Waals surface area (Å²) in [6, 6.07) is 4.19. The predicted molar refractivity (Wildman–Crippen MR) is 77.6 cm³/mol. The Kier molecular flexibility index (Phi) is 5.62. The molecule has 0 amide bonds. The zero-order valence-electron chi connectivity index (χ0n) is 12.2. The maximum Gasteiger partial charge on any atom is 0.321 e. The Hall–Kier alpha value is -1.73. The van der Waals surface area contributed by atoms with Crippen LogP contribution in [0.25, 0.3) is 0 Å². The molecule has 6 nitrogen and oxygen atoms in total. The highest BCUT2D eigenvalue weighted by atomic mass is 32.2. The lowest BCUT2D eigenvalue weighted by Crippen LogP contribution is -2.41. The molecule has 0 aliphatic rings. The summed E-state index contributed by atoms with van der Waals surface area (Å²) in [6.07, 6.45) is 0.195. The monoisotopic (exact) mass is 313 g/mol. The molecule has 1 aromatic rings. The van der Waals surface area contributed by atoms with Crippen LogP contribution in [0.3, 0.4) is 0 Å². The molecule has 0 radical (unpaired) electrons. The second-order valence-corrected chi connectivity index (χ2v) is 6.94. The number of hydrogen-bond acceptors (Lipinski definition) is 4. The molecule has 1 rings (SSSR count). The lowest BCUT2D eigenvalue weighted by atomic mass is 10.1. The smallest absolute Gasteiger partial charge is 0.321 e. The van der Waals surface area contributed by atoms with Crippen molar-refractivity contribution in [3.8, 4) is 0 Å². The Labute approximate surface area is 124 Å². The van der Waals surface area contributed by atoms with E-state index < -0.39 is 22.0 Å². The summed E-state index contributed by atoms with van der Waals surface area (Å²) in [5.41, 5.74) is 0.394. The van der Waals surface area contributed by atoms with Crippen LogP contribution < -0.4 is 4.72 Å². The summed E-state index contributed by atoms with van der Waals surface area (Å²) < 4.78 is 26.5. The van der Waals surface area contributed by atoms with Crippen molar-refractivity contribution >= 4 is 21.8 Å². The van der Waals surface area contributed by atoms with Crippen LogP contribution in [0, 0.1) is 5.92 Å². The average molecular weight is 313 g/mol. The Morgan fingerprint density at radius 2 is 1.71 bits per heavy atom. The number of carbonyl (C=O) groups is 2. The third-order valence-corrected chi connectivity index (χ3v) is 4.36. The van der Waals surface area contributed by atoms with Gasteiger partial charge >= 0.3 is 5.97 Å². The van der Waals surface area contributed by atoms with Crippen LogP contribution in [0.15, 0.2) is 29.2 Å². The minimum Gasteiger partial charge on any atom is -0.480 e. The van der Waals surface area contributed by atoms with Crippen molar-refractivity contribution in [2.75, 3.05) is 0 Å². The van der Waals surface area contributed by atoms with Gasteiger partial charge in [-0.05, 0) is 31.4 Å². The minimum atomic E-state index is -3.93. The van der Waals surface area contributed by atoms with Gasteiger partial charge in [0.05, 0.1) is 4.90 Å². The Morgan fingerprint density at radius 3 is 2.10 bits per heavy atom. The fourth-order valence-electron chi connectivity index (χ4n) is 1.79. The number of sulfonamides is 1. The lowest BCUT2D eigenvalue weighted by molar-refractivity contribution is -0.139. The Morgan fingerprint density at radius 1 is 1.19 bits per heavy atom. The van der Waals surface area contributed by atoms with Gasteiger partial charge < -0.3 is 5.11 Å². The first kappa shape index (κ1) is 17.3. The van der Waals surface area contributed by atoms with E-state index in [2.05, 4.69) is 4.72 Å². The number of carboxylic acids is 1. The molecule has 21 heavy (non-hydrogen) atoms. The van der Waals surface area contributed by atoms with Crippen LogP contribution >= 0.6 is 0 Å². The van der Waals surface area contributed by atoms with Gasteiger partial charge in [0.25, 0.3) is 0 Å². The van der Waals surface area contributed by atoms with E-state index in [0.717, 1.165) is 0 Å². The highest BCUT2D eigenvalue weighted by molar-refractivity contribution is 7.89. The van der Waals surface area contributed by atoms with Crippen LogP contribution in [-0.2, 0) is 14.8 Å². The molecule has 0 heterocycles. The molecule has 0 aliphatic carbocycles. The molecule has 0 aromatic heterocycles. The molecule has 0 saturated carbocycles. The summed E-state index contributed by atoms with van der Waals surface area (Å²) in [7, 11) is -3.93. The number of nitrogens with one attached hydrogen (secondary N) is 1. The molecule has 116 valence electrons. The molecule has 1 aromatic carbocycles. The zero-order chi connectivity index (χ0) is 16.2. The molecule has 0 fully saturated rings. The second kappa shape index (κ2) is 6.82. The van der Waals surface area contributed by atoms with Gasteiger partial charge in [0.15, 0.2) is 5.78 Å². The summed E-state index contributed by atoms with van der Waals surface area (Å²) >= 11 is 0. The zero-order valence-corrected chi connectivity index (χ0v) is 13.0. The molecule has 2 N–H and O–H groups in total. The quantitative estimate of drug-likeness (QED) is 0.746. The fraction of sp³-hybridized carbons (Fsp3) is 0.429. The van der Waals surface area contributed by atoms with Gasteiger partial charge in [-0.2, -0.15) is 4.72 Å². The molecule has 1 atom stereocenters. The van der Waals surface area contributed by atoms with Crippen LogP contribution in [0.5, 0.6) is 0 Å². The van der Waals surface area contributed by atoms with Gasteiger partial charge in [0.1, 0.15) is 6.04 Å². The highest BCUT2D eigenvalue weighted by Crippen LogP contribution is 2.14. The summed E-state index contributed by atoms with van der Waals surface area (Å²) in [5.74, 6) is -1.35. The SMILES string of the molecule is CC(=O)c1ccc(S(=O)(=O)N[C@@H](CC(C)C)C(=O)O)cc1. The van der Waals surface area contributed by atoms with E-state index in [9.17, 15) is 18.0 Å². The number of carboxylic acid groups (broad SMARTS) is 1. The molecule has 0 spiro atoms. The number of Topliss-reactive ketones (excluding diaryl/α,β-unsaturated/α-hetero) is 1. The average Bonchev–Trinajstić information content (AvgIpc) is 2.37. The van der Waals surface area contributed by atoms with Crippen molar-refractivity contribution in [3.63, 3.8) is 0 Å². The maximum absolute atomic E-state index is 12.2. The summed E-state index contributed by atoms with van der Waals surface area (Å²) in [6.45, 7) is 5.00. The van der Waals surface area contributed by atoms with Crippen LogP contribution in [0.2, 0.25) is 0 Å². The van der Waals surface area contributed by atoms with Gasteiger partial charge in [0, 0.05) is 5.56 Å². The Bertz CT molecular complexity index is 619. The Balaban J connectivity index is 2.98. The van der Waals surface area contributed by atoms with Gasteiger partial charge in [-0.3, -0.25) is 9.59 Å². The standard InChI is InChI=1S/C14H19NO5S/c1-9(2)8-13(14(17)18)15-21(19,20)12-6-4-11(5-7-12)10(3)16/h4-7,9,13,15H,8H2,1-3H3,(H,17,18)/t13-/m0/s1. The van der Waals surface area contributed by atoms with E-state index in [1.807, 2.05) is 13.8 Å². The van der Waals surface area contributed by atoms with E-state index in [1.54, 1.807) is 0 Å². The first-order valence-corrected chi connectivity index (χ1v) is 7.98. The van der Waals surface area contributed by atoms with E-state index in [0.29, 0.717) is 5.56 Å². The number of ketones is 1. The van der Waals surface area contributed by atoms with Crippen molar-refractivity contribution in [3.05, 3.63) is 29.8 Å². The number of aliphatic carboxylic acids is 1. The van der Waals surface area contributed by atoms with E-state index in [1.165, 1.54) is 31.2 Å². The molecular formula is C14H19NO5S. The molecule has 0 unspecified atom stereocenters. The third kappa shape index (κ3) is 4.95. The van der Waals surface area contributed by atoms with Crippen molar-refractivity contribution in [2.45, 2.75) is 38.1 Å². The molecule has 0 saturated heterocycles. The van der Waals surface area contributed by atoms with Crippen LogP contribution in [0.4, 0.5) is 0 Å². The lowest BCUT2D eigenvalue weighted by Gasteiger charge is -2.16. The van der Waals surface area contributed by atoms with Gasteiger partial charge in [-0.15, -0.1) is 0 Å². The largest absolute Gasteiger partial charge is 0.480 e. The number of rotatable bonds is 7. The van der Waals surface area contributed by atoms with E-state index in [4.69, 9.17) is 5.11 Å². The molecule has 0 aliphatic heterocycles. The highest BCUT2D eigenvalue weighted by Gasteiger charge is 2.26. The number of carbonyl (C=O) groups excluding carboxylic acids is 1. The van der Waals surface area contributed by atoms with Gasteiger partial charge in [-0.25, -0.2) is 8.42 Å². The summed E-state index contributed by atoms with van der Waals surface area (Å²) in [4.78, 5) is 22.2. The van der Waals surface area contributed by atoms with Crippen molar-refractivity contribution in [1.82, 2.24) is 4.72 Å². The van der Waals surface area contributed by atoms with E-state index >= 15 is 0 Å². The van der Waals surface area contributed by atoms with Crippen molar-refractivity contribution < 1.29 is 23.1 Å². The minimum absolute atomic E-state index is 0.0360.